The molecule has 0 unspecified atom stereocenters. The molecular formula is C31H41B2BrN2O10. The minimum Gasteiger partial charge on any atom is -0.492 e. The van der Waals surface area contributed by atoms with Gasteiger partial charge in [-0.15, -0.1) is 0 Å². The van der Waals surface area contributed by atoms with E-state index in [0.29, 0.717) is 39.5 Å². The molecule has 0 spiro atoms. The third-order valence-corrected chi connectivity index (χ3v) is 7.92. The number of hydrogen-bond acceptors (Lipinski definition) is 10. The van der Waals surface area contributed by atoms with E-state index >= 15 is 0 Å². The van der Waals surface area contributed by atoms with Crippen LogP contribution in [-0.2, 0) is 28.1 Å². The maximum Gasteiger partial charge on any atom is 0.498 e. The number of hydrogen-bond donors (Lipinski definition) is 2. The Morgan fingerprint density at radius 1 is 0.761 bits per heavy atom. The van der Waals surface area contributed by atoms with E-state index in [1.54, 1.807) is 0 Å². The van der Waals surface area contributed by atoms with E-state index in [-0.39, 0.29) is 12.2 Å². The summed E-state index contributed by atoms with van der Waals surface area (Å²) in [5.74, 6) is 1.57. The number of nitrogens with one attached hydrogen (secondary N) is 2. The van der Waals surface area contributed by atoms with Crippen molar-refractivity contribution in [1.29, 1.82) is 0 Å². The second-order valence-electron chi connectivity index (χ2n) is 13.2. The molecule has 0 fully saturated rings. The van der Waals surface area contributed by atoms with Gasteiger partial charge in [0.25, 0.3) is 0 Å². The SMILES string of the molecule is CC(C)(C)OC(=O)NC[C@H]1OB2OCCOc3ccc(Br)c1c32.Cc1ccc2c3c1[C@@H](CNC(=O)OC(C)(C)C)OB3OCCO2. The third kappa shape index (κ3) is 8.29. The molecule has 2 aromatic carbocycles. The molecule has 0 bridgehead atoms. The lowest BCUT2D eigenvalue weighted by Gasteiger charge is -2.21. The fraction of sp³-hybridized carbons (Fsp3) is 0.548. The van der Waals surface area contributed by atoms with Crippen molar-refractivity contribution in [2.24, 2.45) is 0 Å². The highest BCUT2D eigenvalue weighted by Gasteiger charge is 2.44. The highest BCUT2D eigenvalue weighted by molar-refractivity contribution is 9.10. The van der Waals surface area contributed by atoms with Gasteiger partial charge in [0, 0.05) is 28.5 Å². The zero-order chi connectivity index (χ0) is 33.2. The third-order valence-electron chi connectivity index (χ3n) is 7.23. The van der Waals surface area contributed by atoms with Crippen molar-refractivity contribution in [1.82, 2.24) is 10.6 Å². The molecule has 2 aromatic rings. The first-order valence-electron chi connectivity index (χ1n) is 15.4. The maximum absolute atomic E-state index is 11.9. The Morgan fingerprint density at radius 3 is 1.72 bits per heavy atom. The second-order valence-corrected chi connectivity index (χ2v) is 14.1. The Balaban J connectivity index is 0.000000181. The van der Waals surface area contributed by atoms with E-state index < -0.39 is 37.6 Å². The van der Waals surface area contributed by atoms with E-state index in [1.165, 1.54) is 0 Å². The molecular weight excluding hydrogens is 662 g/mol. The molecule has 4 aliphatic heterocycles. The monoisotopic (exact) mass is 702 g/mol. The number of alkyl carbamates (subject to hydrolysis) is 2. The van der Waals surface area contributed by atoms with Gasteiger partial charge in [-0.2, -0.15) is 0 Å². The van der Waals surface area contributed by atoms with E-state index in [4.69, 9.17) is 37.6 Å². The topological polar surface area (TPSA) is 132 Å². The number of carbonyl (C=O) groups excluding carboxylic acids is 2. The van der Waals surface area contributed by atoms with E-state index in [0.717, 1.165) is 43.6 Å². The molecule has 15 heteroatoms. The molecule has 248 valence electrons. The summed E-state index contributed by atoms with van der Waals surface area (Å²) in [7, 11) is -0.904. The summed E-state index contributed by atoms with van der Waals surface area (Å²) in [5, 5.41) is 5.51. The van der Waals surface area contributed by atoms with Crippen molar-refractivity contribution in [3.63, 3.8) is 0 Å². The number of benzene rings is 2. The number of ether oxygens (including phenoxy) is 4. The molecule has 2 atom stereocenters. The second kappa shape index (κ2) is 14.0. The van der Waals surface area contributed by atoms with Crippen LogP contribution in [0.15, 0.2) is 28.7 Å². The summed E-state index contributed by atoms with van der Waals surface area (Å²) >= 11 is 3.55. The summed E-state index contributed by atoms with van der Waals surface area (Å²) in [6, 6.07) is 7.78. The Kier molecular flexibility index (Phi) is 10.5. The number of carbonyl (C=O) groups is 2. The standard InChI is InChI=1S/C16H22BNO5.C15H19BBrNO5/c1-10-5-6-11-14-13(10)12(23-17(14)21-8-7-20-11)9-18-15(19)22-16(2,3)4;1-15(2,3)22-14(19)18-8-11-12-9(17)4-5-10-13(12)16(23-11)21-7-6-20-10/h5-6,12H,7-9H2,1-4H3,(H,18,19);4-5,11H,6-8H2,1-3H3,(H,18,19)/t12-;11-/m11/s1. The van der Waals surface area contributed by atoms with Crippen LogP contribution in [0, 0.1) is 6.92 Å². The summed E-state index contributed by atoms with van der Waals surface area (Å²) in [6.45, 7) is 15.5. The Bertz CT molecular complexity index is 1340. The summed E-state index contributed by atoms with van der Waals surface area (Å²) in [4.78, 5) is 23.7. The van der Waals surface area contributed by atoms with Gasteiger partial charge in [-0.05, 0) is 83.4 Å². The van der Waals surface area contributed by atoms with Crippen LogP contribution in [0.4, 0.5) is 9.59 Å². The van der Waals surface area contributed by atoms with Crippen LogP contribution in [0.1, 0.15) is 70.4 Å². The van der Waals surface area contributed by atoms with Crippen LogP contribution in [0.5, 0.6) is 11.5 Å². The number of amides is 2. The smallest absolute Gasteiger partial charge is 0.492 e. The predicted molar refractivity (Wildman–Crippen MR) is 175 cm³/mol. The number of aryl methyl sites for hydroxylation is 1. The van der Waals surface area contributed by atoms with Crippen molar-refractivity contribution in [2.45, 2.75) is 71.9 Å². The molecule has 46 heavy (non-hydrogen) atoms. The number of halogens is 1. The van der Waals surface area contributed by atoms with Crippen LogP contribution in [0.2, 0.25) is 0 Å². The zero-order valence-corrected chi connectivity index (χ0v) is 28.9. The van der Waals surface area contributed by atoms with E-state index in [1.807, 2.05) is 72.7 Å². The average Bonchev–Trinajstić information content (AvgIpc) is 3.36. The van der Waals surface area contributed by atoms with Gasteiger partial charge in [0.2, 0.25) is 0 Å². The predicted octanol–water partition coefficient (Wildman–Crippen LogP) is 3.84. The number of rotatable bonds is 4. The molecule has 2 amide bonds. The van der Waals surface area contributed by atoms with Crippen molar-refractivity contribution in [3.8, 4) is 11.5 Å². The average molecular weight is 703 g/mol. The fourth-order valence-electron chi connectivity index (χ4n) is 5.52. The first-order chi connectivity index (χ1) is 21.7. The van der Waals surface area contributed by atoms with Crippen LogP contribution >= 0.6 is 15.9 Å². The molecule has 12 nitrogen and oxygen atoms in total. The first kappa shape index (κ1) is 34.4. The lowest BCUT2D eigenvalue weighted by atomic mass is 9.76. The maximum atomic E-state index is 11.9. The van der Waals surface area contributed by atoms with Crippen LogP contribution in [0.3, 0.4) is 0 Å². The highest BCUT2D eigenvalue weighted by Crippen LogP contribution is 2.35. The molecule has 4 heterocycles. The summed E-state index contributed by atoms with van der Waals surface area (Å²) in [5.41, 5.74) is 3.85. The van der Waals surface area contributed by atoms with E-state index in [9.17, 15) is 9.59 Å². The molecule has 0 saturated carbocycles. The zero-order valence-electron chi connectivity index (χ0n) is 27.3. The Labute approximate surface area is 278 Å². The normalized spacial score (nSPS) is 19.7. The van der Waals surface area contributed by atoms with Gasteiger partial charge in [-0.1, -0.05) is 22.0 Å². The fourth-order valence-corrected chi connectivity index (χ4v) is 6.12. The van der Waals surface area contributed by atoms with Gasteiger partial charge in [0.1, 0.15) is 35.9 Å². The Morgan fingerprint density at radius 2 is 1.22 bits per heavy atom. The van der Waals surface area contributed by atoms with Crippen molar-refractivity contribution < 1.29 is 47.2 Å². The van der Waals surface area contributed by atoms with Crippen LogP contribution in [-0.4, -0.2) is 77.1 Å². The van der Waals surface area contributed by atoms with Gasteiger partial charge in [-0.25, -0.2) is 9.59 Å². The van der Waals surface area contributed by atoms with Gasteiger partial charge in [0.15, 0.2) is 0 Å². The van der Waals surface area contributed by atoms with E-state index in [2.05, 4.69) is 26.6 Å². The molecule has 0 aliphatic carbocycles. The van der Waals surface area contributed by atoms with Crippen molar-refractivity contribution in [3.05, 3.63) is 45.4 Å². The molecule has 6 rings (SSSR count). The van der Waals surface area contributed by atoms with Gasteiger partial charge >= 0.3 is 26.4 Å². The van der Waals surface area contributed by atoms with Crippen LogP contribution < -0.4 is 31.0 Å². The molecule has 2 N–H and O–H groups in total. The quantitative estimate of drug-likeness (QED) is 0.453. The Hall–Kier alpha value is -2.97. The van der Waals surface area contributed by atoms with Crippen molar-refractivity contribution >= 4 is 53.3 Å². The largest absolute Gasteiger partial charge is 0.498 e. The summed E-state index contributed by atoms with van der Waals surface area (Å²) < 4.78 is 46.2. The molecule has 0 aromatic heterocycles. The van der Waals surface area contributed by atoms with Gasteiger partial charge in [0.05, 0.1) is 25.4 Å². The summed E-state index contributed by atoms with van der Waals surface area (Å²) in [6.07, 6.45) is -1.52. The minimum absolute atomic E-state index is 0.274. The molecule has 4 aliphatic rings. The lowest BCUT2D eigenvalue weighted by Crippen LogP contribution is -2.35. The molecule has 0 saturated heterocycles. The lowest BCUT2D eigenvalue weighted by molar-refractivity contribution is 0.0485. The van der Waals surface area contributed by atoms with Crippen molar-refractivity contribution in [2.75, 3.05) is 39.5 Å². The van der Waals surface area contributed by atoms with Crippen LogP contribution in [0.25, 0.3) is 0 Å². The highest BCUT2D eigenvalue weighted by atomic mass is 79.9. The first-order valence-corrected chi connectivity index (χ1v) is 16.2. The minimum atomic E-state index is -0.535. The van der Waals surface area contributed by atoms with Gasteiger partial charge in [-0.3, -0.25) is 0 Å². The van der Waals surface area contributed by atoms with Gasteiger partial charge < -0.3 is 48.2 Å². The molecule has 0 radical (unpaired) electrons.